The van der Waals surface area contributed by atoms with Crippen LogP contribution in [0, 0.1) is 34.5 Å². The van der Waals surface area contributed by atoms with Crippen molar-refractivity contribution in [3.8, 4) is 0 Å². The third kappa shape index (κ3) is 1.82. The lowest BCUT2D eigenvalue weighted by molar-refractivity contribution is -0.148. The summed E-state index contributed by atoms with van der Waals surface area (Å²) in [6, 6.07) is 0. The second kappa shape index (κ2) is 4.85. The van der Waals surface area contributed by atoms with Gasteiger partial charge in [0.05, 0.1) is 5.92 Å². The van der Waals surface area contributed by atoms with E-state index in [1.807, 2.05) is 0 Å². The van der Waals surface area contributed by atoms with Crippen molar-refractivity contribution < 1.29 is 9.90 Å². The van der Waals surface area contributed by atoms with E-state index in [2.05, 4.69) is 19.9 Å². The van der Waals surface area contributed by atoms with Crippen LogP contribution in [-0.4, -0.2) is 11.1 Å². The number of aliphatic carboxylic acids is 1. The maximum absolute atomic E-state index is 11.7. The molecule has 3 saturated carbocycles. The van der Waals surface area contributed by atoms with Crippen LogP contribution in [0.1, 0.15) is 71.6 Å². The van der Waals surface area contributed by atoms with Crippen molar-refractivity contribution in [3.05, 3.63) is 11.6 Å². The highest BCUT2D eigenvalue weighted by atomic mass is 16.4. The number of fused-ring (bicyclic) bond motifs is 5. The van der Waals surface area contributed by atoms with E-state index < -0.39 is 5.97 Å². The largest absolute Gasteiger partial charge is 0.481 e. The van der Waals surface area contributed by atoms with Crippen LogP contribution < -0.4 is 0 Å². The van der Waals surface area contributed by atoms with Gasteiger partial charge in [-0.15, -0.1) is 0 Å². The molecule has 4 rings (SSSR count). The predicted molar refractivity (Wildman–Crippen MR) is 87.4 cm³/mol. The van der Waals surface area contributed by atoms with E-state index in [0.29, 0.717) is 11.3 Å². The average Bonchev–Trinajstić information content (AvgIpc) is 2.84. The molecule has 2 nitrogen and oxygen atoms in total. The minimum atomic E-state index is -0.542. The van der Waals surface area contributed by atoms with E-state index >= 15 is 0 Å². The van der Waals surface area contributed by atoms with Crippen molar-refractivity contribution in [2.45, 2.75) is 71.6 Å². The van der Waals surface area contributed by atoms with E-state index in [9.17, 15) is 9.90 Å². The van der Waals surface area contributed by atoms with E-state index in [1.54, 1.807) is 5.57 Å². The predicted octanol–water partition coefficient (Wildman–Crippen LogP) is 5.04. The summed E-state index contributed by atoms with van der Waals surface area (Å²) in [6.07, 6.45) is 13.7. The molecule has 0 spiro atoms. The summed E-state index contributed by atoms with van der Waals surface area (Å²) in [5.41, 5.74) is 2.24. The summed E-state index contributed by atoms with van der Waals surface area (Å²) in [6.45, 7) is 4.82. The Balaban J connectivity index is 1.68. The molecular formula is C20H30O2. The Bertz CT molecular complexity index is 522. The first-order valence-electron chi connectivity index (χ1n) is 9.39. The number of carboxylic acid groups (broad SMARTS) is 1. The first-order chi connectivity index (χ1) is 10.5. The van der Waals surface area contributed by atoms with Crippen LogP contribution >= 0.6 is 0 Å². The lowest BCUT2D eigenvalue weighted by atomic mass is 9.47. The van der Waals surface area contributed by atoms with Crippen molar-refractivity contribution in [2.75, 3.05) is 0 Å². The number of hydrogen-bond donors (Lipinski definition) is 1. The van der Waals surface area contributed by atoms with Crippen molar-refractivity contribution in [2.24, 2.45) is 34.5 Å². The zero-order chi connectivity index (χ0) is 15.5. The third-order valence-electron chi connectivity index (χ3n) is 8.32. The normalized spacial score (nSPS) is 50.5. The number of carboxylic acids is 1. The number of allylic oxidation sites excluding steroid dienone is 2. The van der Waals surface area contributed by atoms with Crippen LogP contribution in [0.15, 0.2) is 11.6 Å². The van der Waals surface area contributed by atoms with Gasteiger partial charge >= 0.3 is 5.97 Å². The molecule has 1 N–H and O–H groups in total. The molecule has 4 aliphatic carbocycles. The van der Waals surface area contributed by atoms with Gasteiger partial charge in [-0.05, 0) is 80.0 Å². The zero-order valence-electron chi connectivity index (χ0n) is 14.1. The van der Waals surface area contributed by atoms with Crippen LogP contribution in [0.25, 0.3) is 0 Å². The molecule has 0 amide bonds. The van der Waals surface area contributed by atoms with Gasteiger partial charge in [0.2, 0.25) is 0 Å². The number of carbonyl (C=O) groups is 1. The molecule has 0 aromatic carbocycles. The minimum absolute atomic E-state index is 0.0589. The molecule has 3 fully saturated rings. The number of hydrogen-bond acceptors (Lipinski definition) is 1. The molecule has 0 saturated heterocycles. The molecule has 0 heterocycles. The smallest absolute Gasteiger partial charge is 0.307 e. The SMILES string of the molecule is C[C@]12CCCCC1=CC[C@@H]1[C@@H]2CC[C@]2(C)C(C(=O)O)CC[C@@H]12. The van der Waals surface area contributed by atoms with Gasteiger partial charge in [-0.2, -0.15) is 0 Å². The highest BCUT2D eigenvalue weighted by molar-refractivity contribution is 5.71. The van der Waals surface area contributed by atoms with Gasteiger partial charge < -0.3 is 5.11 Å². The second-order valence-electron chi connectivity index (χ2n) is 8.98. The van der Waals surface area contributed by atoms with E-state index in [-0.39, 0.29) is 11.3 Å². The molecule has 22 heavy (non-hydrogen) atoms. The van der Waals surface area contributed by atoms with Gasteiger partial charge in [0.25, 0.3) is 0 Å². The van der Waals surface area contributed by atoms with Gasteiger partial charge in [0, 0.05) is 0 Å². The molecular weight excluding hydrogens is 272 g/mol. The standard InChI is InChI=1S/C20H30O2/c1-19-11-4-3-5-13(19)6-7-14-15-8-9-17(18(21)22)20(15,2)12-10-16(14)19/h6,14-17H,3-5,7-12H2,1-2H3,(H,21,22)/t14-,15-,16-,17?,19-,20-/m0/s1. The average molecular weight is 302 g/mol. The Kier molecular flexibility index (Phi) is 3.26. The second-order valence-corrected chi connectivity index (χ2v) is 8.98. The Morgan fingerprint density at radius 2 is 1.95 bits per heavy atom. The highest BCUT2D eigenvalue weighted by Gasteiger charge is 2.59. The highest BCUT2D eigenvalue weighted by Crippen LogP contribution is 2.66. The maximum Gasteiger partial charge on any atom is 0.307 e. The summed E-state index contributed by atoms with van der Waals surface area (Å²) in [4.78, 5) is 11.7. The van der Waals surface area contributed by atoms with Gasteiger partial charge in [-0.3, -0.25) is 4.79 Å². The molecule has 0 aromatic heterocycles. The van der Waals surface area contributed by atoms with Crippen LogP contribution in [-0.2, 0) is 4.79 Å². The molecule has 0 aliphatic heterocycles. The van der Waals surface area contributed by atoms with E-state index in [4.69, 9.17) is 0 Å². The van der Waals surface area contributed by atoms with Crippen molar-refractivity contribution >= 4 is 5.97 Å². The molecule has 2 heteroatoms. The lowest BCUT2D eigenvalue weighted by Gasteiger charge is -2.57. The molecule has 122 valence electrons. The maximum atomic E-state index is 11.7. The molecule has 0 bridgehead atoms. The van der Waals surface area contributed by atoms with Gasteiger partial charge in [0.1, 0.15) is 0 Å². The van der Waals surface area contributed by atoms with Gasteiger partial charge in [-0.25, -0.2) is 0 Å². The first-order valence-corrected chi connectivity index (χ1v) is 9.39. The molecule has 4 aliphatic rings. The summed E-state index contributed by atoms with van der Waals surface area (Å²) < 4.78 is 0. The first kappa shape index (κ1) is 14.8. The monoisotopic (exact) mass is 302 g/mol. The minimum Gasteiger partial charge on any atom is -0.481 e. The lowest BCUT2D eigenvalue weighted by Crippen LogP contribution is -2.50. The summed E-state index contributed by atoms with van der Waals surface area (Å²) in [7, 11) is 0. The summed E-state index contributed by atoms with van der Waals surface area (Å²) in [5.74, 6) is 1.57. The Morgan fingerprint density at radius 1 is 1.14 bits per heavy atom. The van der Waals surface area contributed by atoms with Crippen molar-refractivity contribution in [1.82, 2.24) is 0 Å². The fourth-order valence-corrected chi connectivity index (χ4v) is 7.10. The topological polar surface area (TPSA) is 37.3 Å². The fourth-order valence-electron chi connectivity index (χ4n) is 7.10. The van der Waals surface area contributed by atoms with Crippen molar-refractivity contribution in [1.29, 1.82) is 0 Å². The van der Waals surface area contributed by atoms with Crippen molar-refractivity contribution in [3.63, 3.8) is 0 Å². The Labute approximate surface area is 134 Å². The molecule has 0 radical (unpaired) electrons. The van der Waals surface area contributed by atoms with E-state index in [1.165, 1.54) is 38.5 Å². The van der Waals surface area contributed by atoms with Crippen LogP contribution in [0.3, 0.4) is 0 Å². The van der Waals surface area contributed by atoms with Crippen LogP contribution in [0.4, 0.5) is 0 Å². The zero-order valence-corrected chi connectivity index (χ0v) is 14.1. The molecule has 0 aromatic rings. The quantitative estimate of drug-likeness (QED) is 0.689. The van der Waals surface area contributed by atoms with Crippen LogP contribution in [0.2, 0.25) is 0 Å². The molecule has 1 unspecified atom stereocenters. The van der Waals surface area contributed by atoms with Crippen LogP contribution in [0.5, 0.6) is 0 Å². The Morgan fingerprint density at radius 3 is 2.73 bits per heavy atom. The third-order valence-corrected chi connectivity index (χ3v) is 8.32. The molecule has 6 atom stereocenters. The Hall–Kier alpha value is -0.790. The summed E-state index contributed by atoms with van der Waals surface area (Å²) >= 11 is 0. The van der Waals surface area contributed by atoms with E-state index in [0.717, 1.165) is 31.1 Å². The number of rotatable bonds is 1. The van der Waals surface area contributed by atoms with Gasteiger partial charge in [0.15, 0.2) is 0 Å². The fraction of sp³-hybridized carbons (Fsp3) is 0.850. The van der Waals surface area contributed by atoms with Gasteiger partial charge in [-0.1, -0.05) is 31.9 Å². The summed E-state index contributed by atoms with van der Waals surface area (Å²) in [5, 5.41) is 9.64.